The van der Waals surface area contributed by atoms with E-state index in [1.165, 1.54) is 5.56 Å². The molecular weight excluding hydrogens is 226 g/mol. The Morgan fingerprint density at radius 1 is 1.11 bits per heavy atom. The second kappa shape index (κ2) is 5.95. The van der Waals surface area contributed by atoms with Crippen LogP contribution in [0.2, 0.25) is 0 Å². The molecule has 0 radical (unpaired) electrons. The van der Waals surface area contributed by atoms with Crippen molar-refractivity contribution in [3.63, 3.8) is 0 Å². The van der Waals surface area contributed by atoms with Crippen molar-refractivity contribution >= 4 is 11.6 Å². The maximum Gasteiger partial charge on any atom is 0.131 e. The molecule has 5 heteroatoms. The molecular formula is C13H17N5. The predicted molar refractivity (Wildman–Crippen MR) is 72.5 cm³/mol. The second-order valence-corrected chi connectivity index (χ2v) is 3.94. The summed E-state index contributed by atoms with van der Waals surface area (Å²) in [5, 5.41) is 6.40. The Kier molecular flexibility index (Phi) is 4.06. The van der Waals surface area contributed by atoms with Gasteiger partial charge in [-0.3, -0.25) is 4.98 Å². The van der Waals surface area contributed by atoms with Gasteiger partial charge < -0.3 is 10.6 Å². The summed E-state index contributed by atoms with van der Waals surface area (Å²) in [6.07, 6.45) is 3.35. The van der Waals surface area contributed by atoms with E-state index in [0.29, 0.717) is 6.54 Å². The summed E-state index contributed by atoms with van der Waals surface area (Å²) in [5.41, 5.74) is 2.20. The highest BCUT2D eigenvalue weighted by atomic mass is 15.1. The van der Waals surface area contributed by atoms with Gasteiger partial charge in [0, 0.05) is 18.8 Å². The molecule has 0 atom stereocenters. The summed E-state index contributed by atoms with van der Waals surface area (Å²) in [4.78, 5) is 12.6. The topological polar surface area (TPSA) is 62.7 Å². The molecule has 2 N–H and O–H groups in total. The Bertz CT molecular complexity index is 512. The van der Waals surface area contributed by atoms with E-state index < -0.39 is 0 Å². The first-order valence-electron chi connectivity index (χ1n) is 6.00. The van der Waals surface area contributed by atoms with Gasteiger partial charge in [0.1, 0.15) is 18.0 Å². The van der Waals surface area contributed by atoms with Gasteiger partial charge in [-0.15, -0.1) is 0 Å². The number of hydrogen-bond donors (Lipinski definition) is 2. The molecule has 0 aliphatic heterocycles. The molecule has 0 saturated heterocycles. The maximum atomic E-state index is 4.33. The van der Waals surface area contributed by atoms with Gasteiger partial charge in [-0.2, -0.15) is 0 Å². The lowest BCUT2D eigenvalue weighted by atomic mass is 10.2. The second-order valence-electron chi connectivity index (χ2n) is 3.94. The SMILES string of the molecule is CCNc1cc(NCc2ncccc2C)ncn1. The van der Waals surface area contributed by atoms with Gasteiger partial charge in [0.2, 0.25) is 0 Å². The standard InChI is InChI=1S/C13H17N5/c1-3-14-12-7-13(18-9-17-12)16-8-11-10(2)5-4-6-15-11/h4-7,9H,3,8H2,1-2H3,(H2,14,16,17,18). The van der Waals surface area contributed by atoms with Crippen LogP contribution in [0.4, 0.5) is 11.6 Å². The van der Waals surface area contributed by atoms with Gasteiger partial charge in [0.25, 0.3) is 0 Å². The summed E-state index contributed by atoms with van der Waals surface area (Å²) in [5.74, 6) is 1.62. The zero-order valence-corrected chi connectivity index (χ0v) is 10.6. The number of rotatable bonds is 5. The molecule has 2 heterocycles. The third kappa shape index (κ3) is 3.16. The normalized spacial score (nSPS) is 10.1. The smallest absolute Gasteiger partial charge is 0.131 e. The average Bonchev–Trinajstić information content (AvgIpc) is 2.39. The summed E-state index contributed by atoms with van der Waals surface area (Å²) in [6, 6.07) is 5.88. The number of hydrogen-bond acceptors (Lipinski definition) is 5. The van der Waals surface area contributed by atoms with Crippen molar-refractivity contribution in [3.05, 3.63) is 42.0 Å². The lowest BCUT2D eigenvalue weighted by Crippen LogP contribution is -2.06. The van der Waals surface area contributed by atoms with Crippen molar-refractivity contribution in [2.24, 2.45) is 0 Å². The molecule has 2 aromatic rings. The Morgan fingerprint density at radius 3 is 2.61 bits per heavy atom. The molecule has 0 unspecified atom stereocenters. The number of anilines is 2. The van der Waals surface area contributed by atoms with Crippen LogP contribution in [-0.4, -0.2) is 21.5 Å². The predicted octanol–water partition coefficient (Wildman–Crippen LogP) is 2.22. The fraction of sp³-hybridized carbons (Fsp3) is 0.308. The number of aryl methyl sites for hydroxylation is 1. The van der Waals surface area contributed by atoms with E-state index in [2.05, 4.69) is 25.6 Å². The van der Waals surface area contributed by atoms with Crippen LogP contribution >= 0.6 is 0 Å². The number of nitrogens with zero attached hydrogens (tertiary/aromatic N) is 3. The van der Waals surface area contributed by atoms with Crippen LogP contribution in [0, 0.1) is 6.92 Å². The Hall–Kier alpha value is -2.17. The number of aromatic nitrogens is 3. The Labute approximate surface area is 107 Å². The van der Waals surface area contributed by atoms with Crippen LogP contribution in [0.3, 0.4) is 0 Å². The van der Waals surface area contributed by atoms with Crippen LogP contribution in [0.1, 0.15) is 18.2 Å². The van der Waals surface area contributed by atoms with Gasteiger partial charge in [-0.05, 0) is 25.5 Å². The van der Waals surface area contributed by atoms with Crippen LogP contribution in [0.15, 0.2) is 30.7 Å². The molecule has 0 fully saturated rings. The first-order chi connectivity index (χ1) is 8.79. The largest absolute Gasteiger partial charge is 0.370 e. The molecule has 0 aliphatic carbocycles. The van der Waals surface area contributed by atoms with E-state index in [4.69, 9.17) is 0 Å². The molecule has 2 rings (SSSR count). The molecule has 5 nitrogen and oxygen atoms in total. The summed E-state index contributed by atoms with van der Waals surface area (Å²) < 4.78 is 0. The van der Waals surface area contributed by atoms with Gasteiger partial charge in [-0.25, -0.2) is 9.97 Å². The van der Waals surface area contributed by atoms with Crippen molar-refractivity contribution in [1.29, 1.82) is 0 Å². The maximum absolute atomic E-state index is 4.33. The minimum Gasteiger partial charge on any atom is -0.370 e. The van der Waals surface area contributed by atoms with Crippen LogP contribution in [-0.2, 0) is 6.54 Å². The molecule has 0 spiro atoms. The van der Waals surface area contributed by atoms with Crippen molar-refractivity contribution in [3.8, 4) is 0 Å². The van der Waals surface area contributed by atoms with E-state index in [0.717, 1.165) is 23.9 Å². The fourth-order valence-electron chi connectivity index (χ4n) is 1.61. The minimum atomic E-state index is 0.662. The number of pyridine rings is 1. The molecule has 0 aromatic carbocycles. The van der Waals surface area contributed by atoms with Crippen molar-refractivity contribution in [1.82, 2.24) is 15.0 Å². The molecule has 94 valence electrons. The highest BCUT2D eigenvalue weighted by molar-refractivity contribution is 5.46. The van der Waals surface area contributed by atoms with Gasteiger partial charge in [-0.1, -0.05) is 6.07 Å². The summed E-state index contributed by atoms with van der Waals surface area (Å²) in [7, 11) is 0. The van der Waals surface area contributed by atoms with E-state index >= 15 is 0 Å². The highest BCUT2D eigenvalue weighted by Gasteiger charge is 2.00. The van der Waals surface area contributed by atoms with Gasteiger partial charge in [0.15, 0.2) is 0 Å². The third-order valence-electron chi connectivity index (χ3n) is 2.58. The molecule has 0 amide bonds. The third-order valence-corrected chi connectivity index (χ3v) is 2.58. The monoisotopic (exact) mass is 243 g/mol. The van der Waals surface area contributed by atoms with Crippen LogP contribution in [0.25, 0.3) is 0 Å². The minimum absolute atomic E-state index is 0.662. The molecule has 0 saturated carbocycles. The first kappa shape index (κ1) is 12.3. The van der Waals surface area contributed by atoms with Crippen molar-refractivity contribution in [2.45, 2.75) is 20.4 Å². The summed E-state index contributed by atoms with van der Waals surface area (Å²) in [6.45, 7) is 5.59. The lowest BCUT2D eigenvalue weighted by Gasteiger charge is -2.08. The van der Waals surface area contributed by atoms with E-state index in [9.17, 15) is 0 Å². The van der Waals surface area contributed by atoms with Gasteiger partial charge >= 0.3 is 0 Å². The lowest BCUT2D eigenvalue weighted by molar-refractivity contribution is 0.997. The molecule has 18 heavy (non-hydrogen) atoms. The zero-order chi connectivity index (χ0) is 12.8. The Morgan fingerprint density at radius 2 is 1.89 bits per heavy atom. The fourth-order valence-corrected chi connectivity index (χ4v) is 1.61. The van der Waals surface area contributed by atoms with Crippen LogP contribution in [0.5, 0.6) is 0 Å². The first-order valence-corrected chi connectivity index (χ1v) is 6.00. The molecule has 0 aliphatic rings. The molecule has 0 bridgehead atoms. The van der Waals surface area contributed by atoms with Crippen LogP contribution < -0.4 is 10.6 Å². The zero-order valence-electron chi connectivity index (χ0n) is 10.6. The van der Waals surface area contributed by atoms with Crippen molar-refractivity contribution < 1.29 is 0 Å². The average molecular weight is 243 g/mol. The quantitative estimate of drug-likeness (QED) is 0.843. The van der Waals surface area contributed by atoms with E-state index in [1.54, 1.807) is 12.5 Å². The van der Waals surface area contributed by atoms with E-state index in [-0.39, 0.29) is 0 Å². The highest BCUT2D eigenvalue weighted by Crippen LogP contribution is 2.10. The Balaban J connectivity index is 2.02. The van der Waals surface area contributed by atoms with E-state index in [1.807, 2.05) is 32.0 Å². The number of nitrogens with one attached hydrogen (secondary N) is 2. The molecule has 2 aromatic heterocycles. The summed E-state index contributed by atoms with van der Waals surface area (Å²) >= 11 is 0. The van der Waals surface area contributed by atoms with Gasteiger partial charge in [0.05, 0.1) is 12.2 Å². The van der Waals surface area contributed by atoms with Crippen molar-refractivity contribution in [2.75, 3.05) is 17.2 Å².